The van der Waals surface area contributed by atoms with Crippen LogP contribution in [0.4, 0.5) is 0 Å². The quantitative estimate of drug-likeness (QED) is 0.862. The van der Waals surface area contributed by atoms with Gasteiger partial charge in [0.1, 0.15) is 6.23 Å². The zero-order valence-corrected chi connectivity index (χ0v) is 15.4. The van der Waals surface area contributed by atoms with Crippen LogP contribution in [0.3, 0.4) is 0 Å². The molecule has 7 heteroatoms. The predicted octanol–water partition coefficient (Wildman–Crippen LogP) is 1.83. The first kappa shape index (κ1) is 23.8. The van der Waals surface area contributed by atoms with E-state index in [0.717, 1.165) is 0 Å². The number of nitrogens with one attached hydrogen (secondary N) is 1. The predicted molar refractivity (Wildman–Crippen MR) is 91.9 cm³/mol. The number of aliphatic hydroxyl groups is 1. The van der Waals surface area contributed by atoms with Crippen LogP contribution in [-0.2, 0) is 9.47 Å². The first-order chi connectivity index (χ1) is 11.0. The highest BCUT2D eigenvalue weighted by Gasteiger charge is 2.26. The lowest BCUT2D eigenvalue weighted by Crippen LogP contribution is -2.33. The summed E-state index contributed by atoms with van der Waals surface area (Å²) in [5, 5.41) is 8.93. The van der Waals surface area contributed by atoms with Crippen molar-refractivity contribution in [2.24, 2.45) is 0 Å². The molecular weight excluding hydrogens is 300 g/mol. The van der Waals surface area contributed by atoms with Crippen molar-refractivity contribution in [1.82, 2.24) is 9.55 Å². The van der Waals surface area contributed by atoms with Gasteiger partial charge in [-0.05, 0) is 19.8 Å². The van der Waals surface area contributed by atoms with E-state index in [0.29, 0.717) is 18.4 Å². The molecule has 0 aromatic carbocycles. The molecular formula is C16H32N2O5. The van der Waals surface area contributed by atoms with Crippen LogP contribution in [0.25, 0.3) is 0 Å². The summed E-state index contributed by atoms with van der Waals surface area (Å²) in [5.74, 6) is 0. The molecule has 2 unspecified atom stereocenters. The third-order valence-electron chi connectivity index (χ3n) is 2.74. The van der Waals surface area contributed by atoms with Crippen LogP contribution in [0.1, 0.15) is 52.3 Å². The molecule has 0 saturated carbocycles. The minimum atomic E-state index is -0.473. The maximum atomic E-state index is 11.5. The first-order valence-electron chi connectivity index (χ1n) is 8.02. The molecule has 1 aliphatic heterocycles. The van der Waals surface area contributed by atoms with E-state index in [9.17, 15) is 9.59 Å². The van der Waals surface area contributed by atoms with Crippen molar-refractivity contribution < 1.29 is 14.6 Å². The van der Waals surface area contributed by atoms with Gasteiger partial charge in [-0.15, -0.1) is 0 Å². The number of hydrogen-bond donors (Lipinski definition) is 2. The molecule has 0 aliphatic carbocycles. The summed E-state index contributed by atoms with van der Waals surface area (Å²) in [5.41, 5.74) is -0.382. The summed E-state index contributed by atoms with van der Waals surface area (Å²) in [7, 11) is 3.25. The van der Waals surface area contributed by atoms with Crippen molar-refractivity contribution in [1.29, 1.82) is 0 Å². The molecule has 1 aliphatic rings. The Morgan fingerprint density at radius 2 is 1.78 bits per heavy atom. The molecule has 1 aromatic rings. The SMILES string of the molecule is CC.CC.COC.Cc1cn(C2CCC(CO)O2)c(=O)[nH]c1=O. The maximum absolute atomic E-state index is 11.5. The Bertz CT molecular complexity index is 510. The number of aliphatic hydroxyl groups excluding tert-OH is 1. The van der Waals surface area contributed by atoms with E-state index in [1.807, 2.05) is 27.7 Å². The Balaban J connectivity index is 0. The highest BCUT2D eigenvalue weighted by molar-refractivity contribution is 5.01. The standard InChI is InChI=1S/C10H14N2O4.C2H6O.2C2H6/c1-6-4-12(10(15)11-9(6)14)8-3-2-7(5-13)16-8;1-3-2;2*1-2/h4,7-8,13H,2-3,5H2,1H3,(H,11,14,15);1-2H3;2*1-2H3. The van der Waals surface area contributed by atoms with E-state index in [1.54, 1.807) is 21.1 Å². The molecule has 0 spiro atoms. The molecule has 2 heterocycles. The second-order valence-electron chi connectivity index (χ2n) is 4.36. The average Bonchev–Trinajstić information content (AvgIpc) is 3.04. The van der Waals surface area contributed by atoms with Gasteiger partial charge in [-0.1, -0.05) is 27.7 Å². The monoisotopic (exact) mass is 332 g/mol. The number of aryl methyl sites for hydroxylation is 1. The molecule has 0 radical (unpaired) electrons. The van der Waals surface area contributed by atoms with Gasteiger partial charge in [0.05, 0.1) is 12.7 Å². The summed E-state index contributed by atoms with van der Waals surface area (Å²) in [6.07, 6.45) is 2.26. The first-order valence-corrected chi connectivity index (χ1v) is 8.02. The molecule has 7 nitrogen and oxygen atoms in total. The van der Waals surface area contributed by atoms with Crippen molar-refractivity contribution in [3.8, 4) is 0 Å². The molecule has 23 heavy (non-hydrogen) atoms. The topological polar surface area (TPSA) is 93.6 Å². The Kier molecular flexibility index (Phi) is 14.7. The van der Waals surface area contributed by atoms with E-state index in [1.165, 1.54) is 10.8 Å². The lowest BCUT2D eigenvalue weighted by Gasteiger charge is -2.14. The molecule has 136 valence electrons. The Labute approximate surface area is 138 Å². The van der Waals surface area contributed by atoms with Gasteiger partial charge in [-0.2, -0.15) is 0 Å². The molecule has 1 saturated heterocycles. The fourth-order valence-corrected chi connectivity index (χ4v) is 1.83. The van der Waals surface area contributed by atoms with Gasteiger partial charge in [0.15, 0.2) is 0 Å². The Morgan fingerprint density at radius 3 is 2.22 bits per heavy atom. The normalized spacial score (nSPS) is 18.6. The van der Waals surface area contributed by atoms with Crippen LogP contribution >= 0.6 is 0 Å². The molecule has 1 fully saturated rings. The van der Waals surface area contributed by atoms with Gasteiger partial charge < -0.3 is 14.6 Å². The highest BCUT2D eigenvalue weighted by Crippen LogP contribution is 2.26. The van der Waals surface area contributed by atoms with Crippen LogP contribution in [0, 0.1) is 6.92 Å². The number of rotatable bonds is 2. The van der Waals surface area contributed by atoms with Crippen LogP contribution < -0.4 is 11.2 Å². The lowest BCUT2D eigenvalue weighted by atomic mass is 10.2. The van der Waals surface area contributed by atoms with Gasteiger partial charge in [-0.3, -0.25) is 14.3 Å². The average molecular weight is 332 g/mol. The zero-order valence-electron chi connectivity index (χ0n) is 15.4. The summed E-state index contributed by atoms with van der Waals surface area (Å²) in [6, 6.07) is 0. The van der Waals surface area contributed by atoms with Crippen molar-refractivity contribution in [2.75, 3.05) is 20.8 Å². The van der Waals surface area contributed by atoms with Crippen molar-refractivity contribution in [2.45, 2.75) is 59.8 Å². The van der Waals surface area contributed by atoms with Gasteiger partial charge >= 0.3 is 5.69 Å². The molecule has 1 aromatic heterocycles. The third-order valence-corrected chi connectivity index (χ3v) is 2.74. The molecule has 2 rings (SSSR count). The number of aromatic nitrogens is 2. The van der Waals surface area contributed by atoms with Crippen LogP contribution in [0.5, 0.6) is 0 Å². The van der Waals surface area contributed by atoms with E-state index in [2.05, 4.69) is 9.72 Å². The van der Waals surface area contributed by atoms with Crippen LogP contribution in [0.15, 0.2) is 15.8 Å². The van der Waals surface area contributed by atoms with Crippen LogP contribution in [-0.4, -0.2) is 41.6 Å². The molecule has 2 atom stereocenters. The number of methoxy groups -OCH3 is 1. The van der Waals surface area contributed by atoms with Crippen molar-refractivity contribution in [3.63, 3.8) is 0 Å². The second kappa shape index (κ2) is 14.2. The Morgan fingerprint density at radius 1 is 1.26 bits per heavy atom. The fraction of sp³-hybridized carbons (Fsp3) is 0.750. The van der Waals surface area contributed by atoms with Gasteiger partial charge in [-0.25, -0.2) is 4.79 Å². The fourth-order valence-electron chi connectivity index (χ4n) is 1.83. The molecule has 2 N–H and O–H groups in total. The summed E-state index contributed by atoms with van der Waals surface area (Å²) in [6.45, 7) is 9.58. The van der Waals surface area contributed by atoms with Gasteiger partial charge in [0.25, 0.3) is 5.56 Å². The number of H-pyrrole nitrogens is 1. The van der Waals surface area contributed by atoms with Crippen molar-refractivity contribution in [3.05, 3.63) is 32.6 Å². The van der Waals surface area contributed by atoms with E-state index >= 15 is 0 Å². The maximum Gasteiger partial charge on any atom is 0.330 e. The summed E-state index contributed by atoms with van der Waals surface area (Å²) in [4.78, 5) is 24.9. The van der Waals surface area contributed by atoms with E-state index < -0.39 is 5.69 Å². The lowest BCUT2D eigenvalue weighted by molar-refractivity contribution is -0.0247. The number of ether oxygens (including phenoxy) is 2. The van der Waals surface area contributed by atoms with Gasteiger partial charge in [0.2, 0.25) is 0 Å². The third kappa shape index (κ3) is 8.11. The van der Waals surface area contributed by atoms with Crippen molar-refractivity contribution >= 4 is 0 Å². The van der Waals surface area contributed by atoms with Crippen LogP contribution in [0.2, 0.25) is 0 Å². The summed E-state index contributed by atoms with van der Waals surface area (Å²) >= 11 is 0. The van der Waals surface area contributed by atoms with E-state index in [4.69, 9.17) is 9.84 Å². The molecule has 0 amide bonds. The second-order valence-corrected chi connectivity index (χ2v) is 4.36. The largest absolute Gasteiger partial charge is 0.394 e. The Hall–Kier alpha value is -1.44. The number of aromatic amines is 1. The summed E-state index contributed by atoms with van der Waals surface area (Å²) < 4.78 is 11.1. The smallest absolute Gasteiger partial charge is 0.330 e. The zero-order chi connectivity index (χ0) is 18.4. The minimum absolute atomic E-state index is 0.0480. The number of hydrogen-bond acceptors (Lipinski definition) is 5. The molecule has 0 bridgehead atoms. The van der Waals surface area contributed by atoms with E-state index in [-0.39, 0.29) is 24.5 Å². The highest BCUT2D eigenvalue weighted by atomic mass is 16.5. The van der Waals surface area contributed by atoms with Gasteiger partial charge in [0, 0.05) is 26.0 Å². The number of nitrogens with zero attached hydrogens (tertiary/aromatic N) is 1. The minimum Gasteiger partial charge on any atom is -0.394 e.